The molecule has 108 valence electrons. The number of rotatable bonds is 8. The van der Waals surface area contributed by atoms with Crippen molar-refractivity contribution in [3.63, 3.8) is 0 Å². The van der Waals surface area contributed by atoms with Crippen LogP contribution in [0.5, 0.6) is 0 Å². The van der Waals surface area contributed by atoms with Crippen LogP contribution in [0.4, 0.5) is 0 Å². The van der Waals surface area contributed by atoms with Crippen molar-refractivity contribution in [3.05, 3.63) is 11.6 Å². The van der Waals surface area contributed by atoms with Crippen LogP contribution in [-0.2, 0) is 14.3 Å². The third kappa shape index (κ3) is 6.90. The van der Waals surface area contributed by atoms with Crippen molar-refractivity contribution in [3.8, 4) is 0 Å². The van der Waals surface area contributed by atoms with E-state index in [-0.39, 0.29) is 22.7 Å². The maximum absolute atomic E-state index is 11.5. The van der Waals surface area contributed by atoms with Gasteiger partial charge in [-0.1, -0.05) is 34.8 Å². The van der Waals surface area contributed by atoms with Crippen molar-refractivity contribution in [2.75, 3.05) is 0 Å². The Balaban J connectivity index is 2.01. The highest BCUT2D eigenvalue weighted by Crippen LogP contribution is 2.25. The van der Waals surface area contributed by atoms with Gasteiger partial charge in [-0.05, 0) is 38.7 Å². The molecule has 0 saturated carbocycles. The van der Waals surface area contributed by atoms with Gasteiger partial charge in [0.25, 0.3) is 0 Å². The van der Waals surface area contributed by atoms with E-state index in [0.29, 0.717) is 12.8 Å². The summed E-state index contributed by atoms with van der Waals surface area (Å²) in [4.78, 5) is 23.1. The van der Waals surface area contributed by atoms with Gasteiger partial charge in [-0.25, -0.2) is 0 Å². The minimum absolute atomic E-state index is 0.0231. The maximum Gasteiger partial charge on any atom is 0.306 e. The highest BCUT2D eigenvalue weighted by atomic mass is 79.9. The Kier molecular flexibility index (Phi) is 7.36. The summed E-state index contributed by atoms with van der Waals surface area (Å²) in [7, 11) is 0. The van der Waals surface area contributed by atoms with Crippen LogP contribution in [-0.4, -0.2) is 22.7 Å². The van der Waals surface area contributed by atoms with E-state index < -0.39 is 0 Å². The number of ether oxygens (including phenoxy) is 1. The molecule has 0 amide bonds. The highest BCUT2D eigenvalue weighted by Gasteiger charge is 2.20. The number of allylic oxidation sites excluding steroid dienone is 2. The smallest absolute Gasteiger partial charge is 0.306 e. The van der Waals surface area contributed by atoms with Gasteiger partial charge in [-0.15, -0.1) is 0 Å². The second kappa shape index (κ2) is 8.51. The van der Waals surface area contributed by atoms with E-state index in [1.807, 2.05) is 19.9 Å². The summed E-state index contributed by atoms with van der Waals surface area (Å²) >= 11 is 3.44. The van der Waals surface area contributed by atoms with Gasteiger partial charge >= 0.3 is 5.97 Å². The molecular weight excluding hydrogens is 308 g/mol. The Morgan fingerprint density at radius 2 is 2.05 bits per heavy atom. The fourth-order valence-electron chi connectivity index (χ4n) is 2.16. The molecule has 3 nitrogen and oxygen atoms in total. The largest absolute Gasteiger partial charge is 0.463 e. The normalized spacial score (nSPS) is 18.8. The predicted molar refractivity (Wildman–Crippen MR) is 79.4 cm³/mol. The first-order chi connectivity index (χ1) is 8.99. The summed E-state index contributed by atoms with van der Waals surface area (Å²) in [5, 5.41) is 0. The molecule has 0 bridgehead atoms. The fraction of sp³-hybridized carbons (Fsp3) is 0.733. The molecule has 1 atom stereocenters. The Labute approximate surface area is 123 Å². The van der Waals surface area contributed by atoms with Crippen LogP contribution in [0.3, 0.4) is 0 Å². The van der Waals surface area contributed by atoms with E-state index in [0.717, 1.165) is 37.7 Å². The quantitative estimate of drug-likeness (QED) is 0.384. The lowest BCUT2D eigenvalue weighted by Crippen LogP contribution is -2.10. The molecule has 0 radical (unpaired) electrons. The average Bonchev–Trinajstić information content (AvgIpc) is 2.61. The summed E-state index contributed by atoms with van der Waals surface area (Å²) in [6.07, 6.45) is 7.97. The first kappa shape index (κ1) is 16.4. The summed E-state index contributed by atoms with van der Waals surface area (Å²) in [6.45, 7) is 3.72. The number of hydrogen-bond donors (Lipinski definition) is 0. The van der Waals surface area contributed by atoms with Crippen molar-refractivity contribution in [1.82, 2.24) is 0 Å². The Morgan fingerprint density at radius 3 is 2.63 bits per heavy atom. The van der Waals surface area contributed by atoms with Crippen molar-refractivity contribution in [2.24, 2.45) is 0 Å². The fourth-order valence-corrected chi connectivity index (χ4v) is 2.77. The lowest BCUT2D eigenvalue weighted by molar-refractivity contribution is -0.147. The van der Waals surface area contributed by atoms with E-state index in [2.05, 4.69) is 15.9 Å². The molecule has 0 aliphatic heterocycles. The number of carbonyl (C=O) groups excluding carboxylic acids is 2. The topological polar surface area (TPSA) is 43.4 Å². The number of unbranched alkanes of at least 4 members (excludes halogenated alkanes) is 3. The van der Waals surface area contributed by atoms with Gasteiger partial charge in [-0.3, -0.25) is 9.59 Å². The molecule has 0 heterocycles. The van der Waals surface area contributed by atoms with Gasteiger partial charge < -0.3 is 4.74 Å². The van der Waals surface area contributed by atoms with Crippen LogP contribution in [0.25, 0.3) is 0 Å². The first-order valence-electron chi connectivity index (χ1n) is 7.06. The third-order valence-electron chi connectivity index (χ3n) is 3.06. The van der Waals surface area contributed by atoms with Gasteiger partial charge in [-0.2, -0.15) is 0 Å². The second-order valence-corrected chi connectivity index (χ2v) is 6.46. The van der Waals surface area contributed by atoms with Crippen LogP contribution in [0.2, 0.25) is 0 Å². The monoisotopic (exact) mass is 330 g/mol. The van der Waals surface area contributed by atoms with Crippen molar-refractivity contribution in [1.29, 1.82) is 0 Å². The molecule has 19 heavy (non-hydrogen) atoms. The van der Waals surface area contributed by atoms with Crippen molar-refractivity contribution >= 4 is 27.7 Å². The number of alkyl halides is 1. The molecule has 0 saturated heterocycles. The van der Waals surface area contributed by atoms with E-state index in [1.165, 1.54) is 0 Å². The molecule has 0 spiro atoms. The lowest BCUT2D eigenvalue weighted by atomic mass is 10.0. The number of Topliss-reactive ketones (excluding diaryl/α,β-unsaturated/α-hetero) is 1. The molecule has 0 aromatic rings. The van der Waals surface area contributed by atoms with Gasteiger partial charge in [0.1, 0.15) is 0 Å². The minimum atomic E-state index is -0.106. The number of ketones is 1. The lowest BCUT2D eigenvalue weighted by Gasteiger charge is -2.07. The van der Waals surface area contributed by atoms with Crippen molar-refractivity contribution < 1.29 is 14.3 Å². The zero-order chi connectivity index (χ0) is 14.3. The van der Waals surface area contributed by atoms with Crippen LogP contribution in [0.1, 0.15) is 58.8 Å². The van der Waals surface area contributed by atoms with Gasteiger partial charge in [0.15, 0.2) is 5.78 Å². The summed E-state index contributed by atoms with van der Waals surface area (Å²) < 4.78 is 5.07. The number of hydrogen-bond acceptors (Lipinski definition) is 3. The molecular formula is C15H23BrO3. The molecule has 0 N–H and O–H groups in total. The maximum atomic E-state index is 11.5. The molecule has 0 aromatic heterocycles. The molecule has 1 aliphatic carbocycles. The average molecular weight is 331 g/mol. The Hall–Kier alpha value is -0.640. The van der Waals surface area contributed by atoms with E-state index in [9.17, 15) is 9.59 Å². The summed E-state index contributed by atoms with van der Waals surface area (Å²) in [5.74, 6) is 0.174. The molecule has 0 aromatic carbocycles. The molecule has 1 aliphatic rings. The Morgan fingerprint density at radius 1 is 1.37 bits per heavy atom. The standard InChI is InChI=1S/C15H23BrO3/c1-11(2)19-15(18)8-6-4-3-5-7-12-9-13(16)10-14(12)17/h9,11,13H,3-8,10H2,1-2H3. The van der Waals surface area contributed by atoms with Crippen molar-refractivity contribution in [2.45, 2.75) is 69.7 Å². The zero-order valence-electron chi connectivity index (χ0n) is 11.8. The van der Waals surface area contributed by atoms with Crippen LogP contribution >= 0.6 is 15.9 Å². The Bertz CT molecular complexity index is 347. The van der Waals surface area contributed by atoms with Crippen LogP contribution in [0.15, 0.2) is 11.6 Å². The number of halogens is 1. The zero-order valence-corrected chi connectivity index (χ0v) is 13.4. The highest BCUT2D eigenvalue weighted by molar-refractivity contribution is 9.09. The van der Waals surface area contributed by atoms with Gasteiger partial charge in [0.2, 0.25) is 0 Å². The number of esters is 1. The van der Waals surface area contributed by atoms with E-state index >= 15 is 0 Å². The van der Waals surface area contributed by atoms with Gasteiger partial charge in [0.05, 0.1) is 6.10 Å². The predicted octanol–water partition coefficient (Wildman–Crippen LogP) is 3.94. The second-order valence-electron chi connectivity index (χ2n) is 5.29. The first-order valence-corrected chi connectivity index (χ1v) is 7.98. The van der Waals surface area contributed by atoms with E-state index in [4.69, 9.17) is 4.74 Å². The SMILES string of the molecule is CC(C)OC(=O)CCCCCCC1=CC(Br)CC1=O. The summed E-state index contributed by atoms with van der Waals surface area (Å²) in [6, 6.07) is 0. The van der Waals surface area contributed by atoms with Gasteiger partial charge in [0, 0.05) is 17.7 Å². The van der Waals surface area contributed by atoms with Crippen LogP contribution < -0.4 is 0 Å². The minimum Gasteiger partial charge on any atom is -0.463 e. The summed E-state index contributed by atoms with van der Waals surface area (Å²) in [5.41, 5.74) is 0.973. The molecule has 4 heteroatoms. The van der Waals surface area contributed by atoms with E-state index in [1.54, 1.807) is 0 Å². The number of carbonyl (C=O) groups is 2. The van der Waals surface area contributed by atoms with Crippen LogP contribution in [0, 0.1) is 0 Å². The molecule has 1 unspecified atom stereocenters. The third-order valence-corrected chi connectivity index (χ3v) is 3.65. The molecule has 1 rings (SSSR count). The molecule has 0 fully saturated rings.